The van der Waals surface area contributed by atoms with E-state index in [0.717, 1.165) is 4.68 Å². The van der Waals surface area contributed by atoms with Crippen LogP contribution in [0, 0.1) is 6.57 Å². The summed E-state index contributed by atoms with van der Waals surface area (Å²) in [7, 11) is 0. The topological polar surface area (TPSA) is 48.2 Å². The van der Waals surface area contributed by atoms with E-state index in [1.54, 1.807) is 0 Å². The van der Waals surface area contributed by atoms with E-state index in [9.17, 15) is 26.3 Å². The third-order valence-corrected chi connectivity index (χ3v) is 4.63. The number of aromatic nitrogens is 2. The number of nitrogens with two attached hydrogens (primary N) is 1. The Labute approximate surface area is 156 Å². The molecule has 0 amide bonds. The van der Waals surface area contributed by atoms with Crippen molar-refractivity contribution in [3.8, 4) is 5.69 Å². The summed E-state index contributed by atoms with van der Waals surface area (Å²) in [6.07, 6.45) is -9.24. The average molecular weight is 435 g/mol. The second-order valence-corrected chi connectivity index (χ2v) is 6.55. The molecule has 1 heterocycles. The molecule has 2 aromatic rings. The zero-order chi connectivity index (χ0) is 19.9. The fourth-order valence-corrected chi connectivity index (χ4v) is 3.28. The Morgan fingerprint density at radius 2 is 1.69 bits per heavy atom. The smallest absolute Gasteiger partial charge is 0.382 e. The van der Waals surface area contributed by atoms with Crippen LogP contribution in [-0.2, 0) is 6.18 Å². The number of hydrogen-bond donors (Lipinski definition) is 1. The summed E-state index contributed by atoms with van der Waals surface area (Å²) < 4.78 is 76.3. The number of rotatable bonds is 3. The highest BCUT2D eigenvalue weighted by molar-refractivity contribution is 7.99. The molecule has 1 aromatic heterocycles. The number of anilines is 1. The van der Waals surface area contributed by atoms with Crippen LogP contribution in [0.25, 0.3) is 10.5 Å². The molecule has 0 radical (unpaired) electrons. The number of benzene rings is 1. The molecule has 0 aliphatic carbocycles. The number of hydrogen-bond acceptors (Lipinski definition) is 3. The summed E-state index contributed by atoms with van der Waals surface area (Å²) in [6, 6.07) is 1.15. The lowest BCUT2D eigenvalue weighted by Crippen LogP contribution is -2.11. The van der Waals surface area contributed by atoms with Crippen molar-refractivity contribution in [2.24, 2.45) is 0 Å². The third kappa shape index (κ3) is 4.31. The first kappa shape index (κ1) is 20.5. The van der Waals surface area contributed by atoms with E-state index < -0.39 is 45.3 Å². The van der Waals surface area contributed by atoms with Gasteiger partial charge in [0.2, 0.25) is 0 Å². The molecule has 13 heteroatoms. The van der Waals surface area contributed by atoms with E-state index in [1.807, 2.05) is 0 Å². The maximum atomic E-state index is 12.8. The number of alkyl halides is 6. The molecular weight excluding hydrogens is 429 g/mol. The van der Waals surface area contributed by atoms with E-state index >= 15 is 0 Å². The van der Waals surface area contributed by atoms with Gasteiger partial charge in [-0.1, -0.05) is 29.8 Å². The predicted octanol–water partition coefficient (Wildman–Crippen LogP) is 5.99. The van der Waals surface area contributed by atoms with Crippen molar-refractivity contribution in [2.75, 3.05) is 11.5 Å². The van der Waals surface area contributed by atoms with Gasteiger partial charge in [0, 0.05) is 0 Å². The van der Waals surface area contributed by atoms with Gasteiger partial charge in [-0.2, -0.15) is 26.3 Å². The van der Waals surface area contributed by atoms with Gasteiger partial charge in [-0.05, 0) is 17.2 Å². The summed E-state index contributed by atoms with van der Waals surface area (Å²) in [5.41, 5.74) is 4.33. The first-order chi connectivity index (χ1) is 11.8. The lowest BCUT2D eigenvalue weighted by atomic mass is 10.2. The molecule has 0 fully saturated rings. The highest BCUT2D eigenvalue weighted by atomic mass is 35.5. The van der Waals surface area contributed by atoms with Crippen molar-refractivity contribution >= 4 is 46.6 Å². The molecule has 140 valence electrons. The normalized spacial score (nSPS) is 12.3. The number of nitrogens with zero attached hydrogens (tertiary/aromatic N) is 3. The van der Waals surface area contributed by atoms with E-state index in [4.69, 9.17) is 35.5 Å². The summed E-state index contributed by atoms with van der Waals surface area (Å²) in [5, 5.41) is 2.75. The van der Waals surface area contributed by atoms with E-state index in [1.165, 1.54) is 0 Å². The molecule has 0 aliphatic heterocycles. The van der Waals surface area contributed by atoms with E-state index in [0.29, 0.717) is 12.1 Å². The number of halogens is 8. The van der Waals surface area contributed by atoms with Gasteiger partial charge in [0.25, 0.3) is 0 Å². The molecule has 2 N–H and O–H groups in total. The van der Waals surface area contributed by atoms with Gasteiger partial charge < -0.3 is 10.6 Å². The van der Waals surface area contributed by atoms with Crippen LogP contribution in [0.15, 0.2) is 17.0 Å². The zero-order valence-corrected chi connectivity index (χ0v) is 14.5. The molecule has 0 aliphatic rings. The summed E-state index contributed by atoms with van der Waals surface area (Å²) in [6.45, 7) is 7.00. The first-order valence-electron chi connectivity index (χ1n) is 6.37. The van der Waals surface area contributed by atoms with E-state index in [-0.39, 0.29) is 22.3 Å². The Kier molecular flexibility index (Phi) is 5.60. The second kappa shape index (κ2) is 7.09. The number of thioether (sulfide) groups is 1. The van der Waals surface area contributed by atoms with Crippen LogP contribution in [0.2, 0.25) is 10.0 Å². The minimum Gasteiger partial charge on any atom is -0.382 e. The first-order valence-corrected chi connectivity index (χ1v) is 8.11. The van der Waals surface area contributed by atoms with E-state index in [2.05, 4.69) is 9.94 Å². The van der Waals surface area contributed by atoms with Crippen molar-refractivity contribution in [3.05, 3.63) is 39.2 Å². The fourth-order valence-electron chi connectivity index (χ4n) is 1.87. The minimum atomic E-state index is -4.71. The van der Waals surface area contributed by atoms with Crippen LogP contribution in [0.5, 0.6) is 0 Å². The second-order valence-electron chi connectivity index (χ2n) is 4.75. The SMILES string of the molecule is [C-]#[N+]c1nn(-c2c(Cl)cc(C(F)(F)F)cc2Cl)c(N)c1SCC(F)(F)F. The monoisotopic (exact) mass is 434 g/mol. The highest BCUT2D eigenvalue weighted by Gasteiger charge is 2.34. The molecule has 0 spiro atoms. The number of nitrogen functional groups attached to an aromatic ring is 1. The Bertz CT molecular complexity index is 861. The van der Waals surface area contributed by atoms with Crippen LogP contribution >= 0.6 is 35.0 Å². The quantitative estimate of drug-likeness (QED) is 0.366. The van der Waals surface area contributed by atoms with Crippen molar-refractivity contribution in [1.29, 1.82) is 0 Å². The van der Waals surface area contributed by atoms with Crippen LogP contribution < -0.4 is 5.73 Å². The lowest BCUT2D eigenvalue weighted by molar-refractivity contribution is -0.137. The van der Waals surface area contributed by atoms with Crippen LogP contribution in [0.4, 0.5) is 38.0 Å². The van der Waals surface area contributed by atoms with Gasteiger partial charge in [0.1, 0.15) is 5.69 Å². The Hall–Kier alpha value is -1.77. The Morgan fingerprint density at radius 1 is 1.15 bits per heavy atom. The van der Waals surface area contributed by atoms with Gasteiger partial charge in [-0.3, -0.25) is 0 Å². The largest absolute Gasteiger partial charge is 0.416 e. The molecule has 0 saturated heterocycles. The molecular formula is C13H6Cl2F6N4S. The van der Waals surface area contributed by atoms with Crippen molar-refractivity contribution in [3.63, 3.8) is 0 Å². The fraction of sp³-hybridized carbons (Fsp3) is 0.231. The lowest BCUT2D eigenvalue weighted by Gasteiger charge is -2.12. The van der Waals surface area contributed by atoms with Crippen LogP contribution in [-0.4, -0.2) is 21.7 Å². The molecule has 2 rings (SSSR count). The zero-order valence-electron chi connectivity index (χ0n) is 12.2. The Morgan fingerprint density at radius 3 is 2.12 bits per heavy atom. The van der Waals surface area contributed by atoms with Gasteiger partial charge in [0.15, 0.2) is 5.82 Å². The molecule has 0 unspecified atom stereocenters. The molecule has 26 heavy (non-hydrogen) atoms. The maximum absolute atomic E-state index is 12.8. The van der Waals surface area contributed by atoms with Crippen LogP contribution in [0.3, 0.4) is 0 Å². The summed E-state index contributed by atoms with van der Waals surface area (Å²) in [5.74, 6) is -2.18. The molecule has 0 saturated carbocycles. The summed E-state index contributed by atoms with van der Waals surface area (Å²) >= 11 is 11.9. The average Bonchev–Trinajstić information content (AvgIpc) is 2.79. The van der Waals surface area contributed by atoms with Gasteiger partial charge >= 0.3 is 18.2 Å². The van der Waals surface area contributed by atoms with Crippen molar-refractivity contribution in [1.82, 2.24) is 9.78 Å². The van der Waals surface area contributed by atoms with Crippen molar-refractivity contribution in [2.45, 2.75) is 17.2 Å². The Balaban J connectivity index is 2.57. The maximum Gasteiger partial charge on any atom is 0.416 e. The minimum absolute atomic E-state index is 0.227. The third-order valence-electron chi connectivity index (χ3n) is 2.90. The molecule has 0 atom stereocenters. The molecule has 4 nitrogen and oxygen atoms in total. The highest BCUT2D eigenvalue weighted by Crippen LogP contribution is 2.42. The predicted molar refractivity (Wildman–Crippen MR) is 86.0 cm³/mol. The van der Waals surface area contributed by atoms with Crippen LogP contribution in [0.1, 0.15) is 5.56 Å². The molecule has 1 aromatic carbocycles. The summed E-state index contributed by atoms with van der Waals surface area (Å²) in [4.78, 5) is 2.70. The molecule has 0 bridgehead atoms. The van der Waals surface area contributed by atoms with Crippen molar-refractivity contribution < 1.29 is 26.3 Å². The standard InChI is InChI=1S/C13H6Cl2F6N4S/c1-23-11-9(26-4-12(16,17)18)10(22)25(24-11)8-6(14)2-5(3-7(8)15)13(19,20)21/h2-3H,4,22H2. The van der Waals surface area contributed by atoms with Gasteiger partial charge in [0.05, 0.1) is 26.3 Å². The van der Waals surface area contributed by atoms with Gasteiger partial charge in [-0.15, -0.1) is 16.4 Å². The van der Waals surface area contributed by atoms with Gasteiger partial charge in [-0.25, -0.2) is 0 Å².